The number of carbonyl (C=O) groups is 1. The van der Waals surface area contributed by atoms with Crippen LogP contribution in [0.4, 0.5) is 5.69 Å². The Morgan fingerprint density at radius 3 is 2.95 bits per heavy atom. The quantitative estimate of drug-likeness (QED) is 0.901. The van der Waals surface area contributed by atoms with Crippen LogP contribution in [0.3, 0.4) is 0 Å². The van der Waals surface area contributed by atoms with Crippen LogP contribution in [-0.2, 0) is 11.8 Å². The zero-order valence-corrected chi connectivity index (χ0v) is 13.2. The molecule has 120 valence electrons. The lowest BCUT2D eigenvalue weighted by atomic mass is 9.95. The van der Waals surface area contributed by atoms with E-state index in [9.17, 15) is 9.59 Å². The fourth-order valence-corrected chi connectivity index (χ4v) is 3.11. The molecule has 2 atom stereocenters. The number of fused-ring (bicyclic) bond motifs is 1. The van der Waals surface area contributed by atoms with Crippen LogP contribution >= 0.6 is 12.4 Å². The molecule has 3 N–H and O–H groups in total. The molecule has 0 saturated heterocycles. The molecule has 0 bridgehead atoms. The average molecular weight is 326 g/mol. The highest BCUT2D eigenvalue weighted by Gasteiger charge is 2.31. The van der Waals surface area contributed by atoms with Crippen LogP contribution in [0.15, 0.2) is 27.4 Å². The van der Waals surface area contributed by atoms with Crippen molar-refractivity contribution in [1.82, 2.24) is 4.57 Å². The van der Waals surface area contributed by atoms with Gasteiger partial charge in [0.25, 0.3) is 0 Å². The van der Waals surface area contributed by atoms with E-state index in [2.05, 4.69) is 5.32 Å². The molecule has 6 nitrogen and oxygen atoms in total. The highest BCUT2D eigenvalue weighted by molar-refractivity contribution is 5.94. The number of aromatic nitrogens is 1. The number of amides is 1. The van der Waals surface area contributed by atoms with Crippen molar-refractivity contribution in [2.24, 2.45) is 24.6 Å². The van der Waals surface area contributed by atoms with Gasteiger partial charge in [0.1, 0.15) is 0 Å². The predicted octanol–water partition coefficient (Wildman–Crippen LogP) is 1.87. The SMILES string of the molecule is Cl.Cn1c(=O)oc2cc(NC(=O)[C@@H]3CCC[C@@H]3CN)ccc21. The molecule has 0 radical (unpaired) electrons. The molecule has 1 amide bonds. The van der Waals surface area contributed by atoms with E-state index in [1.165, 1.54) is 4.57 Å². The number of nitrogens with two attached hydrogens (primary N) is 1. The smallest absolute Gasteiger partial charge is 0.408 e. The van der Waals surface area contributed by atoms with Crippen molar-refractivity contribution in [3.05, 3.63) is 28.7 Å². The minimum Gasteiger partial charge on any atom is -0.408 e. The molecular formula is C15H20ClN3O3. The highest BCUT2D eigenvalue weighted by Crippen LogP contribution is 2.32. The Morgan fingerprint density at radius 2 is 2.23 bits per heavy atom. The van der Waals surface area contributed by atoms with Gasteiger partial charge in [0, 0.05) is 24.7 Å². The van der Waals surface area contributed by atoms with Crippen molar-refractivity contribution in [1.29, 1.82) is 0 Å². The van der Waals surface area contributed by atoms with E-state index in [0.29, 0.717) is 23.3 Å². The van der Waals surface area contributed by atoms with Crippen LogP contribution in [0, 0.1) is 11.8 Å². The topological polar surface area (TPSA) is 90.3 Å². The number of nitrogens with one attached hydrogen (secondary N) is 1. The molecule has 1 heterocycles. The maximum absolute atomic E-state index is 12.3. The molecule has 0 aliphatic heterocycles. The van der Waals surface area contributed by atoms with Crippen molar-refractivity contribution < 1.29 is 9.21 Å². The Labute approximate surface area is 134 Å². The molecule has 1 fully saturated rings. The largest absolute Gasteiger partial charge is 0.419 e. The van der Waals surface area contributed by atoms with Gasteiger partial charge in [-0.25, -0.2) is 4.79 Å². The molecule has 0 spiro atoms. The third kappa shape index (κ3) is 2.89. The maximum Gasteiger partial charge on any atom is 0.419 e. The summed E-state index contributed by atoms with van der Waals surface area (Å²) >= 11 is 0. The van der Waals surface area contributed by atoms with Crippen molar-refractivity contribution >= 4 is 35.1 Å². The van der Waals surface area contributed by atoms with Crippen LogP contribution in [0.5, 0.6) is 0 Å². The summed E-state index contributed by atoms with van der Waals surface area (Å²) in [6, 6.07) is 5.23. The van der Waals surface area contributed by atoms with Crippen molar-refractivity contribution in [2.45, 2.75) is 19.3 Å². The van der Waals surface area contributed by atoms with Gasteiger partial charge >= 0.3 is 5.76 Å². The lowest BCUT2D eigenvalue weighted by Crippen LogP contribution is -2.29. The number of hydrogen-bond acceptors (Lipinski definition) is 4. The summed E-state index contributed by atoms with van der Waals surface area (Å²) in [6.07, 6.45) is 2.95. The van der Waals surface area contributed by atoms with Crippen LogP contribution in [0.2, 0.25) is 0 Å². The first-order valence-corrected chi connectivity index (χ1v) is 7.20. The van der Waals surface area contributed by atoms with Gasteiger partial charge in [-0.1, -0.05) is 6.42 Å². The van der Waals surface area contributed by atoms with E-state index in [-0.39, 0.29) is 30.2 Å². The zero-order valence-electron chi connectivity index (χ0n) is 12.4. The van der Waals surface area contributed by atoms with Gasteiger partial charge in [-0.05, 0) is 37.4 Å². The zero-order chi connectivity index (χ0) is 15.0. The Bertz CT molecular complexity index is 737. The van der Waals surface area contributed by atoms with Crippen LogP contribution in [0.25, 0.3) is 11.1 Å². The minimum absolute atomic E-state index is 0. The number of carbonyl (C=O) groups excluding carboxylic acids is 1. The summed E-state index contributed by atoms with van der Waals surface area (Å²) in [5.41, 5.74) is 7.54. The summed E-state index contributed by atoms with van der Waals surface area (Å²) < 4.78 is 6.56. The van der Waals surface area contributed by atoms with E-state index in [1.54, 1.807) is 25.2 Å². The first-order chi connectivity index (χ1) is 10.1. The normalized spacial score (nSPS) is 20.8. The Balaban J connectivity index is 0.00000176. The highest BCUT2D eigenvalue weighted by atomic mass is 35.5. The van der Waals surface area contributed by atoms with Gasteiger partial charge in [-0.2, -0.15) is 0 Å². The van der Waals surface area contributed by atoms with E-state index >= 15 is 0 Å². The minimum atomic E-state index is -0.410. The molecule has 2 aromatic rings. The van der Waals surface area contributed by atoms with Crippen molar-refractivity contribution in [3.8, 4) is 0 Å². The number of nitrogens with zero attached hydrogens (tertiary/aromatic N) is 1. The third-order valence-electron chi connectivity index (χ3n) is 4.36. The standard InChI is InChI=1S/C15H19N3O3.ClH/c1-18-12-6-5-10(7-13(12)21-15(18)20)17-14(19)11-4-2-3-9(11)8-16;/h5-7,9,11H,2-4,8,16H2,1H3,(H,17,19);1H/t9-,11-;/m1./s1. The van der Waals surface area contributed by atoms with E-state index in [0.717, 1.165) is 19.3 Å². The van der Waals surface area contributed by atoms with Gasteiger partial charge < -0.3 is 15.5 Å². The Morgan fingerprint density at radius 1 is 1.45 bits per heavy atom. The summed E-state index contributed by atoms with van der Waals surface area (Å²) in [5, 5.41) is 2.90. The van der Waals surface area contributed by atoms with Gasteiger partial charge in [0.2, 0.25) is 5.91 Å². The number of halogens is 1. The van der Waals surface area contributed by atoms with Gasteiger partial charge in [0.05, 0.1) is 5.52 Å². The van der Waals surface area contributed by atoms with E-state index in [4.69, 9.17) is 10.2 Å². The first-order valence-electron chi connectivity index (χ1n) is 7.20. The lowest BCUT2D eigenvalue weighted by molar-refractivity contribution is -0.120. The third-order valence-corrected chi connectivity index (χ3v) is 4.36. The molecule has 1 aromatic carbocycles. The van der Waals surface area contributed by atoms with E-state index < -0.39 is 5.76 Å². The molecular weight excluding hydrogens is 306 g/mol. The van der Waals surface area contributed by atoms with Gasteiger partial charge in [-0.15, -0.1) is 12.4 Å². The molecule has 1 aromatic heterocycles. The molecule has 1 aliphatic rings. The van der Waals surface area contributed by atoms with Crippen molar-refractivity contribution in [3.63, 3.8) is 0 Å². The van der Waals surface area contributed by atoms with Crippen LogP contribution < -0.4 is 16.8 Å². The molecule has 22 heavy (non-hydrogen) atoms. The van der Waals surface area contributed by atoms with Gasteiger partial charge in [0.15, 0.2) is 5.58 Å². The number of rotatable bonds is 3. The molecule has 3 rings (SSSR count). The number of hydrogen-bond donors (Lipinski definition) is 2. The second kappa shape index (κ2) is 6.54. The van der Waals surface area contributed by atoms with Crippen LogP contribution in [0.1, 0.15) is 19.3 Å². The summed E-state index contributed by atoms with van der Waals surface area (Å²) in [5.74, 6) is -0.162. The number of benzene rings is 1. The maximum atomic E-state index is 12.3. The second-order valence-corrected chi connectivity index (χ2v) is 5.63. The van der Waals surface area contributed by atoms with Crippen molar-refractivity contribution in [2.75, 3.05) is 11.9 Å². The summed E-state index contributed by atoms with van der Waals surface area (Å²) in [7, 11) is 1.65. The molecule has 1 saturated carbocycles. The summed E-state index contributed by atoms with van der Waals surface area (Å²) in [6.45, 7) is 0.546. The van der Waals surface area contributed by atoms with E-state index in [1.807, 2.05) is 0 Å². The average Bonchev–Trinajstić information content (AvgIpc) is 3.04. The number of aryl methyl sites for hydroxylation is 1. The Hall–Kier alpha value is -1.79. The second-order valence-electron chi connectivity index (χ2n) is 5.63. The van der Waals surface area contributed by atoms with Crippen LogP contribution in [-0.4, -0.2) is 17.0 Å². The molecule has 1 aliphatic carbocycles. The fourth-order valence-electron chi connectivity index (χ4n) is 3.11. The predicted molar refractivity (Wildman–Crippen MR) is 87.2 cm³/mol. The summed E-state index contributed by atoms with van der Waals surface area (Å²) in [4.78, 5) is 23.8. The molecule has 7 heteroatoms. The first kappa shape index (κ1) is 16.6. The number of oxazole rings is 1. The molecule has 0 unspecified atom stereocenters. The number of anilines is 1. The van der Waals surface area contributed by atoms with Gasteiger partial charge in [-0.3, -0.25) is 9.36 Å². The monoisotopic (exact) mass is 325 g/mol. The fraction of sp³-hybridized carbons (Fsp3) is 0.467. The lowest BCUT2D eigenvalue weighted by Gasteiger charge is -2.17. The Kier molecular flexibility index (Phi) is 4.93.